The van der Waals surface area contributed by atoms with Crippen molar-refractivity contribution in [2.24, 2.45) is 0 Å². The van der Waals surface area contributed by atoms with Crippen LogP contribution in [0.5, 0.6) is 0 Å². The van der Waals surface area contributed by atoms with Gasteiger partial charge in [0.25, 0.3) is 0 Å². The number of rotatable bonds is 7. The summed E-state index contributed by atoms with van der Waals surface area (Å²) in [6.45, 7) is 5.13. The molecule has 90 valence electrons. The van der Waals surface area contributed by atoms with Crippen molar-refractivity contribution in [2.45, 2.75) is 76.7 Å². The zero-order chi connectivity index (χ0) is 10.8. The van der Waals surface area contributed by atoms with Gasteiger partial charge < -0.3 is 12.2 Å². The van der Waals surface area contributed by atoms with Crippen LogP contribution in [-0.2, 0) is 0 Å². The van der Waals surface area contributed by atoms with E-state index in [9.17, 15) is 0 Å². The Labute approximate surface area is 114 Å². The largest absolute Gasteiger partial charge is 1.00 e. The Morgan fingerprint density at radius 2 is 1.69 bits per heavy atom. The standard InChI is InChI=1S/C14H28N.Li/c1-2-3-4-5-6-8-11-14-12-9-7-10-13-15-14;/h14-15H,1-13H2;/q-1;+1. The molecular weight excluding hydrogens is 189 g/mol. The fraction of sp³-hybridized carbons (Fsp3) is 0.929. The van der Waals surface area contributed by atoms with Crippen molar-refractivity contribution in [1.29, 1.82) is 0 Å². The van der Waals surface area contributed by atoms with Crippen molar-refractivity contribution >= 4 is 0 Å². The molecule has 1 heterocycles. The molecule has 2 heteroatoms. The van der Waals surface area contributed by atoms with Crippen molar-refractivity contribution < 1.29 is 18.9 Å². The third-order valence-corrected chi connectivity index (χ3v) is 3.46. The maximum absolute atomic E-state index is 3.88. The van der Waals surface area contributed by atoms with E-state index in [2.05, 4.69) is 12.2 Å². The summed E-state index contributed by atoms with van der Waals surface area (Å²) in [7, 11) is 0. The summed E-state index contributed by atoms with van der Waals surface area (Å²) in [5.74, 6) is 0. The Bertz CT molecular complexity index is 131. The fourth-order valence-corrected chi connectivity index (χ4v) is 2.45. The van der Waals surface area contributed by atoms with Gasteiger partial charge in [-0.25, -0.2) is 0 Å². The van der Waals surface area contributed by atoms with E-state index in [1.165, 1.54) is 70.8 Å². The van der Waals surface area contributed by atoms with E-state index in [-0.39, 0.29) is 18.9 Å². The zero-order valence-corrected chi connectivity index (χ0v) is 11.3. The monoisotopic (exact) mass is 217 g/mol. The molecule has 16 heavy (non-hydrogen) atoms. The first-order valence-corrected chi connectivity index (χ1v) is 6.96. The molecule has 0 aliphatic carbocycles. The molecule has 1 N–H and O–H groups in total. The minimum absolute atomic E-state index is 0. The second-order valence-electron chi connectivity index (χ2n) is 4.91. The normalized spacial score (nSPS) is 21.2. The Kier molecular flexibility index (Phi) is 12.4. The Morgan fingerprint density at radius 1 is 0.938 bits per heavy atom. The average Bonchev–Trinajstić information content (AvgIpc) is 2.52. The van der Waals surface area contributed by atoms with Crippen LogP contribution in [0, 0.1) is 6.92 Å². The van der Waals surface area contributed by atoms with Crippen LogP contribution in [0.2, 0.25) is 0 Å². The van der Waals surface area contributed by atoms with Crippen LogP contribution >= 0.6 is 0 Å². The predicted octanol–water partition coefficient (Wildman–Crippen LogP) is 1.09. The van der Waals surface area contributed by atoms with E-state index < -0.39 is 0 Å². The van der Waals surface area contributed by atoms with E-state index in [0.717, 1.165) is 12.5 Å². The number of hydrogen-bond donors (Lipinski definition) is 1. The van der Waals surface area contributed by atoms with Gasteiger partial charge in [-0.2, -0.15) is 6.42 Å². The van der Waals surface area contributed by atoms with Crippen LogP contribution in [0.4, 0.5) is 0 Å². The van der Waals surface area contributed by atoms with Crippen molar-refractivity contribution in [2.75, 3.05) is 6.54 Å². The van der Waals surface area contributed by atoms with Crippen LogP contribution in [0.3, 0.4) is 0 Å². The average molecular weight is 217 g/mol. The summed E-state index contributed by atoms with van der Waals surface area (Å²) in [6, 6.07) is 0.834. The minimum atomic E-state index is 0. The quantitative estimate of drug-likeness (QED) is 0.382. The molecule has 1 unspecified atom stereocenters. The number of hydrogen-bond acceptors (Lipinski definition) is 1. The maximum Gasteiger partial charge on any atom is 1.00 e. The molecule has 1 saturated heterocycles. The summed E-state index contributed by atoms with van der Waals surface area (Å²) in [5, 5.41) is 3.67. The first-order valence-electron chi connectivity index (χ1n) is 6.96. The van der Waals surface area contributed by atoms with Gasteiger partial charge in [-0.15, -0.1) is 0 Å². The topological polar surface area (TPSA) is 12.0 Å². The molecule has 1 aliphatic rings. The van der Waals surface area contributed by atoms with Gasteiger partial charge in [-0.05, 0) is 25.8 Å². The van der Waals surface area contributed by atoms with E-state index in [1.54, 1.807) is 0 Å². The van der Waals surface area contributed by atoms with E-state index >= 15 is 0 Å². The molecule has 1 nitrogen and oxygen atoms in total. The first-order chi connectivity index (χ1) is 7.43. The number of unbranched alkanes of at least 4 members (excludes halogenated alkanes) is 5. The zero-order valence-electron chi connectivity index (χ0n) is 11.3. The third-order valence-electron chi connectivity index (χ3n) is 3.46. The van der Waals surface area contributed by atoms with Crippen LogP contribution in [0.1, 0.15) is 70.6 Å². The molecule has 1 fully saturated rings. The second kappa shape index (κ2) is 12.0. The van der Waals surface area contributed by atoms with Crippen LogP contribution in [0.25, 0.3) is 0 Å². The maximum atomic E-state index is 3.88. The third kappa shape index (κ3) is 8.68. The molecule has 0 saturated carbocycles. The van der Waals surface area contributed by atoms with Crippen LogP contribution in [0.15, 0.2) is 0 Å². The molecule has 0 aromatic rings. The summed E-state index contributed by atoms with van der Waals surface area (Å²) in [4.78, 5) is 0. The van der Waals surface area contributed by atoms with Gasteiger partial charge in [0.1, 0.15) is 0 Å². The molecular formula is C14H28LiN. The van der Waals surface area contributed by atoms with E-state index in [1.807, 2.05) is 0 Å². The van der Waals surface area contributed by atoms with Crippen LogP contribution in [-0.4, -0.2) is 12.6 Å². The van der Waals surface area contributed by atoms with E-state index in [0.29, 0.717) is 0 Å². The van der Waals surface area contributed by atoms with Gasteiger partial charge in [0.05, 0.1) is 0 Å². The van der Waals surface area contributed by atoms with Crippen LogP contribution < -0.4 is 24.2 Å². The molecule has 0 aromatic carbocycles. The van der Waals surface area contributed by atoms with E-state index in [4.69, 9.17) is 0 Å². The van der Waals surface area contributed by atoms with Crippen molar-refractivity contribution in [3.63, 3.8) is 0 Å². The van der Waals surface area contributed by atoms with Crippen molar-refractivity contribution in [3.8, 4) is 0 Å². The minimum Gasteiger partial charge on any atom is -0.343 e. The summed E-state index contributed by atoms with van der Waals surface area (Å²) in [6.07, 6.45) is 15.2. The fourth-order valence-electron chi connectivity index (χ4n) is 2.45. The number of nitrogens with one attached hydrogen (secondary N) is 1. The Hall–Kier alpha value is 0.557. The van der Waals surface area contributed by atoms with Gasteiger partial charge in [0, 0.05) is 6.04 Å². The smallest absolute Gasteiger partial charge is 0.343 e. The summed E-state index contributed by atoms with van der Waals surface area (Å²) >= 11 is 0. The Morgan fingerprint density at radius 3 is 2.50 bits per heavy atom. The second-order valence-corrected chi connectivity index (χ2v) is 4.91. The van der Waals surface area contributed by atoms with Crippen molar-refractivity contribution in [3.05, 3.63) is 6.92 Å². The molecule has 0 spiro atoms. The van der Waals surface area contributed by atoms with Gasteiger partial charge >= 0.3 is 18.9 Å². The molecule has 0 bridgehead atoms. The molecule has 1 atom stereocenters. The molecule has 1 aliphatic heterocycles. The molecule has 0 radical (unpaired) electrons. The molecule has 0 aromatic heterocycles. The van der Waals surface area contributed by atoms with Gasteiger partial charge in [0.15, 0.2) is 0 Å². The predicted molar refractivity (Wildman–Crippen MR) is 67.9 cm³/mol. The summed E-state index contributed by atoms with van der Waals surface area (Å²) in [5.41, 5.74) is 0. The first kappa shape index (κ1) is 16.6. The summed E-state index contributed by atoms with van der Waals surface area (Å²) < 4.78 is 0. The van der Waals surface area contributed by atoms with Gasteiger partial charge in [-0.3, -0.25) is 0 Å². The SMILES string of the molecule is [CH2-]CCCCCCCC1CCCCCN1.[Li+]. The van der Waals surface area contributed by atoms with Gasteiger partial charge in [-0.1, -0.05) is 44.9 Å². The van der Waals surface area contributed by atoms with Crippen molar-refractivity contribution in [1.82, 2.24) is 5.32 Å². The Balaban J connectivity index is 0.00000225. The molecule has 0 amide bonds. The molecule has 1 rings (SSSR count). The van der Waals surface area contributed by atoms with Gasteiger partial charge in [0.2, 0.25) is 0 Å².